The van der Waals surface area contributed by atoms with Crippen LogP contribution in [0.3, 0.4) is 0 Å². The van der Waals surface area contributed by atoms with Gasteiger partial charge in [0.25, 0.3) is 0 Å². The molecule has 0 aromatic heterocycles. The Balaban J connectivity index is 1.58. The summed E-state index contributed by atoms with van der Waals surface area (Å²) in [6.45, 7) is 6.30. The Morgan fingerprint density at radius 2 is 1.58 bits per heavy atom. The average Bonchev–Trinajstić information content (AvgIpc) is 2.82. The van der Waals surface area contributed by atoms with Gasteiger partial charge in [0.15, 0.2) is 0 Å². The van der Waals surface area contributed by atoms with Crippen molar-refractivity contribution in [2.45, 2.75) is 25.9 Å². The van der Waals surface area contributed by atoms with Crippen molar-refractivity contribution in [2.75, 3.05) is 44.2 Å². The van der Waals surface area contributed by atoms with Crippen molar-refractivity contribution >= 4 is 17.7 Å². The highest BCUT2D eigenvalue weighted by atomic mass is 16.5. The van der Waals surface area contributed by atoms with Crippen LogP contribution in [0.4, 0.5) is 10.5 Å². The fourth-order valence-electron chi connectivity index (χ4n) is 3.77. The van der Waals surface area contributed by atoms with E-state index in [-0.39, 0.29) is 18.6 Å². The first kappa shape index (κ1) is 22.6. The molecule has 3 rings (SSSR count). The van der Waals surface area contributed by atoms with Crippen molar-refractivity contribution in [3.63, 3.8) is 0 Å². The summed E-state index contributed by atoms with van der Waals surface area (Å²) in [5.41, 5.74) is 2.26. The number of amides is 2. The molecule has 0 radical (unpaired) electrons. The highest BCUT2D eigenvalue weighted by Gasteiger charge is 2.29. The lowest BCUT2D eigenvalue weighted by Gasteiger charge is -2.39. The van der Waals surface area contributed by atoms with Crippen LogP contribution >= 0.6 is 0 Å². The van der Waals surface area contributed by atoms with Gasteiger partial charge in [0.2, 0.25) is 5.91 Å². The molecule has 7 heteroatoms. The van der Waals surface area contributed by atoms with Crippen molar-refractivity contribution in [1.82, 2.24) is 15.5 Å². The average molecular weight is 425 g/mol. The number of anilines is 1. The number of ether oxygens (including phenoxy) is 1. The number of benzene rings is 2. The number of nitrogens with one attached hydrogen (secondary N) is 2. The molecule has 0 bridgehead atoms. The molecule has 0 saturated carbocycles. The van der Waals surface area contributed by atoms with Gasteiger partial charge >= 0.3 is 6.09 Å². The molecule has 2 aromatic rings. The van der Waals surface area contributed by atoms with Crippen LogP contribution < -0.4 is 15.5 Å². The standard InChI is InChI=1S/C24H32N4O3/c1-2-25-24(30)31-18-13-22(23(29)26-19-20-9-5-3-6-10-20)28-16-14-27(15-17-28)21-11-7-4-8-12-21/h3-12,22H,2,13-19H2,1H3,(H,25,30)(H,26,29). The van der Waals surface area contributed by atoms with E-state index in [9.17, 15) is 9.59 Å². The van der Waals surface area contributed by atoms with E-state index < -0.39 is 6.09 Å². The summed E-state index contributed by atoms with van der Waals surface area (Å²) < 4.78 is 5.24. The Hall–Kier alpha value is -3.06. The Labute approximate surface area is 184 Å². The summed E-state index contributed by atoms with van der Waals surface area (Å²) in [6.07, 6.45) is 0.0168. The van der Waals surface area contributed by atoms with Crippen LogP contribution in [-0.2, 0) is 16.1 Å². The van der Waals surface area contributed by atoms with Crippen LogP contribution in [0.15, 0.2) is 60.7 Å². The number of hydrogen-bond acceptors (Lipinski definition) is 5. The lowest BCUT2D eigenvalue weighted by molar-refractivity contribution is -0.127. The third-order valence-corrected chi connectivity index (χ3v) is 5.43. The Morgan fingerprint density at radius 1 is 0.935 bits per heavy atom. The van der Waals surface area contributed by atoms with Crippen LogP contribution in [0.5, 0.6) is 0 Å². The molecular formula is C24H32N4O3. The maximum absolute atomic E-state index is 13.0. The second-order valence-electron chi connectivity index (χ2n) is 7.53. The SMILES string of the molecule is CCNC(=O)OCCC(C(=O)NCc1ccccc1)N1CCN(c2ccccc2)CC1. The molecule has 1 atom stereocenters. The Bertz CT molecular complexity index is 808. The van der Waals surface area contributed by atoms with Gasteiger partial charge < -0.3 is 20.3 Å². The number of para-hydroxylation sites is 1. The van der Waals surface area contributed by atoms with Gasteiger partial charge in [-0.25, -0.2) is 4.79 Å². The van der Waals surface area contributed by atoms with Crippen molar-refractivity contribution < 1.29 is 14.3 Å². The summed E-state index contributed by atoms with van der Waals surface area (Å²) in [6, 6.07) is 19.8. The number of carbonyl (C=O) groups excluding carboxylic acids is 2. The number of alkyl carbamates (subject to hydrolysis) is 1. The summed E-state index contributed by atoms with van der Waals surface area (Å²) >= 11 is 0. The molecule has 1 fully saturated rings. The van der Waals surface area contributed by atoms with E-state index in [0.29, 0.717) is 19.5 Å². The molecule has 1 unspecified atom stereocenters. The van der Waals surface area contributed by atoms with Gasteiger partial charge in [0.1, 0.15) is 0 Å². The molecule has 2 amide bonds. The van der Waals surface area contributed by atoms with Crippen molar-refractivity contribution in [3.05, 3.63) is 66.2 Å². The number of hydrogen-bond donors (Lipinski definition) is 2. The van der Waals surface area contributed by atoms with Gasteiger partial charge in [-0.05, 0) is 24.6 Å². The fraction of sp³-hybridized carbons (Fsp3) is 0.417. The van der Waals surface area contributed by atoms with Crippen LogP contribution in [0.25, 0.3) is 0 Å². The second kappa shape index (κ2) is 12.0. The molecule has 1 heterocycles. The van der Waals surface area contributed by atoms with Gasteiger partial charge in [0, 0.05) is 51.4 Å². The summed E-state index contributed by atoms with van der Waals surface area (Å²) in [5, 5.41) is 5.67. The van der Waals surface area contributed by atoms with Gasteiger partial charge in [-0.3, -0.25) is 9.69 Å². The lowest BCUT2D eigenvalue weighted by Crippen LogP contribution is -2.55. The smallest absolute Gasteiger partial charge is 0.407 e. The minimum Gasteiger partial charge on any atom is -0.449 e. The van der Waals surface area contributed by atoms with E-state index in [1.54, 1.807) is 0 Å². The van der Waals surface area contributed by atoms with Crippen LogP contribution in [0.2, 0.25) is 0 Å². The molecule has 2 aromatic carbocycles. The van der Waals surface area contributed by atoms with E-state index >= 15 is 0 Å². The molecule has 0 spiro atoms. The third-order valence-electron chi connectivity index (χ3n) is 5.43. The molecule has 166 valence electrons. The van der Waals surface area contributed by atoms with Crippen LogP contribution in [0, 0.1) is 0 Å². The number of rotatable bonds is 9. The van der Waals surface area contributed by atoms with Gasteiger partial charge in [-0.1, -0.05) is 48.5 Å². The Kier molecular flexibility index (Phi) is 8.72. The predicted octanol–water partition coefficient (Wildman–Crippen LogP) is 2.63. The molecule has 31 heavy (non-hydrogen) atoms. The maximum Gasteiger partial charge on any atom is 0.407 e. The maximum atomic E-state index is 13.0. The number of carbonyl (C=O) groups is 2. The zero-order valence-electron chi connectivity index (χ0n) is 18.1. The van der Waals surface area contributed by atoms with Crippen molar-refractivity contribution in [1.29, 1.82) is 0 Å². The van der Waals surface area contributed by atoms with Gasteiger partial charge in [-0.15, -0.1) is 0 Å². The molecule has 1 saturated heterocycles. The normalized spacial score (nSPS) is 15.2. The summed E-state index contributed by atoms with van der Waals surface area (Å²) in [5.74, 6) is -0.0310. The largest absolute Gasteiger partial charge is 0.449 e. The van der Waals surface area contributed by atoms with E-state index in [1.165, 1.54) is 5.69 Å². The van der Waals surface area contributed by atoms with Crippen molar-refractivity contribution in [2.24, 2.45) is 0 Å². The fourth-order valence-corrected chi connectivity index (χ4v) is 3.77. The summed E-state index contributed by atoms with van der Waals surface area (Å²) in [7, 11) is 0. The quantitative estimate of drug-likeness (QED) is 0.647. The molecule has 7 nitrogen and oxygen atoms in total. The first-order valence-electron chi connectivity index (χ1n) is 10.9. The first-order chi connectivity index (χ1) is 15.2. The highest BCUT2D eigenvalue weighted by molar-refractivity contribution is 5.81. The predicted molar refractivity (Wildman–Crippen MR) is 122 cm³/mol. The minimum atomic E-state index is -0.445. The van der Waals surface area contributed by atoms with Gasteiger partial charge in [-0.2, -0.15) is 0 Å². The molecule has 0 aliphatic carbocycles. The summed E-state index contributed by atoms with van der Waals surface area (Å²) in [4.78, 5) is 29.2. The molecule has 1 aliphatic heterocycles. The number of nitrogens with zero attached hydrogens (tertiary/aromatic N) is 2. The lowest BCUT2D eigenvalue weighted by atomic mass is 10.1. The monoisotopic (exact) mass is 424 g/mol. The molecule has 2 N–H and O–H groups in total. The topological polar surface area (TPSA) is 73.9 Å². The number of piperazine rings is 1. The minimum absolute atomic E-state index is 0.0310. The first-order valence-corrected chi connectivity index (χ1v) is 10.9. The zero-order chi connectivity index (χ0) is 21.9. The highest BCUT2D eigenvalue weighted by Crippen LogP contribution is 2.18. The van der Waals surface area contributed by atoms with Crippen molar-refractivity contribution in [3.8, 4) is 0 Å². The van der Waals surface area contributed by atoms with E-state index in [0.717, 1.165) is 31.7 Å². The van der Waals surface area contributed by atoms with E-state index in [1.807, 2.05) is 55.5 Å². The van der Waals surface area contributed by atoms with E-state index in [4.69, 9.17) is 4.74 Å². The molecule has 1 aliphatic rings. The Morgan fingerprint density at radius 3 is 2.23 bits per heavy atom. The zero-order valence-corrected chi connectivity index (χ0v) is 18.1. The molecular weight excluding hydrogens is 392 g/mol. The van der Waals surface area contributed by atoms with Crippen LogP contribution in [0.1, 0.15) is 18.9 Å². The van der Waals surface area contributed by atoms with E-state index in [2.05, 4.69) is 32.6 Å². The van der Waals surface area contributed by atoms with Crippen LogP contribution in [-0.4, -0.2) is 62.3 Å². The third kappa shape index (κ3) is 7.00. The second-order valence-corrected chi connectivity index (χ2v) is 7.53. The van der Waals surface area contributed by atoms with Gasteiger partial charge in [0.05, 0.1) is 12.6 Å².